The van der Waals surface area contributed by atoms with Gasteiger partial charge in [0.2, 0.25) is 10.0 Å². The van der Waals surface area contributed by atoms with Crippen molar-refractivity contribution in [3.8, 4) is 0 Å². The van der Waals surface area contributed by atoms with Crippen LogP contribution in [0.1, 0.15) is 25.7 Å². The van der Waals surface area contributed by atoms with Crippen LogP contribution in [0.2, 0.25) is 0 Å². The van der Waals surface area contributed by atoms with Gasteiger partial charge in [-0.2, -0.15) is 4.31 Å². The zero-order valence-corrected chi connectivity index (χ0v) is 13.8. The number of aliphatic hydroxyl groups excluding tert-OH is 1. The van der Waals surface area contributed by atoms with Gasteiger partial charge < -0.3 is 10.8 Å². The van der Waals surface area contributed by atoms with Crippen LogP contribution in [-0.4, -0.2) is 37.0 Å². The summed E-state index contributed by atoms with van der Waals surface area (Å²) in [4.78, 5) is -0.129. The van der Waals surface area contributed by atoms with Crippen LogP contribution in [0.4, 0.5) is 10.1 Å². The standard InChI is InChI=1S/C13H18BrFN2O3S/c14-10-7-13(12(16)8-11(10)15)21(19,20)17(5-6-18)9-3-1-2-4-9/h7-9,18H,1-6,16H2. The number of nitrogens with zero attached hydrogens (tertiary/aromatic N) is 1. The summed E-state index contributed by atoms with van der Waals surface area (Å²) in [6.07, 6.45) is 3.46. The first-order valence-corrected chi connectivity index (χ1v) is 8.98. The maximum Gasteiger partial charge on any atom is 0.245 e. The molecule has 0 bridgehead atoms. The Kier molecular flexibility index (Phi) is 5.24. The first kappa shape index (κ1) is 16.7. The van der Waals surface area contributed by atoms with Crippen LogP contribution in [0.5, 0.6) is 0 Å². The molecule has 0 aromatic heterocycles. The van der Waals surface area contributed by atoms with Gasteiger partial charge >= 0.3 is 0 Å². The van der Waals surface area contributed by atoms with E-state index < -0.39 is 15.8 Å². The number of nitrogens with two attached hydrogens (primary N) is 1. The lowest BCUT2D eigenvalue weighted by atomic mass is 10.2. The molecule has 0 saturated heterocycles. The van der Waals surface area contributed by atoms with Gasteiger partial charge in [0.05, 0.1) is 16.8 Å². The molecule has 1 saturated carbocycles. The minimum absolute atomic E-state index is 0.0153. The predicted molar refractivity (Wildman–Crippen MR) is 81.7 cm³/mol. The molecule has 21 heavy (non-hydrogen) atoms. The molecule has 0 unspecified atom stereocenters. The number of nitrogen functional groups attached to an aromatic ring is 1. The molecule has 3 N–H and O–H groups in total. The van der Waals surface area contributed by atoms with E-state index >= 15 is 0 Å². The number of rotatable bonds is 5. The molecule has 5 nitrogen and oxygen atoms in total. The summed E-state index contributed by atoms with van der Waals surface area (Å²) in [5.41, 5.74) is 5.55. The topological polar surface area (TPSA) is 83.6 Å². The molecule has 1 aliphatic rings. The number of hydrogen-bond acceptors (Lipinski definition) is 4. The van der Waals surface area contributed by atoms with E-state index in [9.17, 15) is 12.8 Å². The number of anilines is 1. The van der Waals surface area contributed by atoms with Crippen molar-refractivity contribution < 1.29 is 17.9 Å². The Hall–Kier alpha value is -0.700. The van der Waals surface area contributed by atoms with Crippen molar-refractivity contribution in [2.45, 2.75) is 36.6 Å². The summed E-state index contributed by atoms with van der Waals surface area (Å²) in [5, 5.41) is 9.17. The van der Waals surface area contributed by atoms with Crippen LogP contribution in [0, 0.1) is 5.82 Å². The Bertz CT molecular complexity index is 618. The van der Waals surface area contributed by atoms with Gasteiger partial charge in [-0.3, -0.25) is 0 Å². The minimum Gasteiger partial charge on any atom is -0.398 e. The molecule has 118 valence electrons. The molecule has 1 aromatic carbocycles. The molecule has 8 heteroatoms. The Morgan fingerprint density at radius 3 is 2.57 bits per heavy atom. The predicted octanol–water partition coefficient (Wildman–Crippen LogP) is 2.10. The van der Waals surface area contributed by atoms with Crippen molar-refractivity contribution in [3.05, 3.63) is 22.4 Å². The molecule has 1 aliphatic carbocycles. The van der Waals surface area contributed by atoms with Crippen molar-refractivity contribution in [3.63, 3.8) is 0 Å². The van der Waals surface area contributed by atoms with E-state index in [1.807, 2.05) is 0 Å². The summed E-state index contributed by atoms with van der Waals surface area (Å²) in [5.74, 6) is -0.610. The first-order valence-electron chi connectivity index (χ1n) is 6.75. The van der Waals surface area contributed by atoms with Gasteiger partial charge in [0, 0.05) is 12.6 Å². The summed E-state index contributed by atoms with van der Waals surface area (Å²) >= 11 is 2.98. The van der Waals surface area contributed by atoms with Crippen molar-refractivity contribution in [2.75, 3.05) is 18.9 Å². The van der Waals surface area contributed by atoms with Crippen LogP contribution < -0.4 is 5.73 Å². The quantitative estimate of drug-likeness (QED) is 0.766. The lowest BCUT2D eigenvalue weighted by Gasteiger charge is -2.28. The summed E-state index contributed by atoms with van der Waals surface area (Å²) in [7, 11) is -3.86. The molecule has 0 spiro atoms. The van der Waals surface area contributed by atoms with Gasteiger partial charge in [0.25, 0.3) is 0 Å². The molecule has 1 fully saturated rings. The van der Waals surface area contributed by atoms with Gasteiger partial charge in [-0.15, -0.1) is 0 Å². The van der Waals surface area contributed by atoms with Crippen LogP contribution in [0.3, 0.4) is 0 Å². The lowest BCUT2D eigenvalue weighted by molar-refractivity contribution is 0.226. The largest absolute Gasteiger partial charge is 0.398 e. The molecule has 0 atom stereocenters. The minimum atomic E-state index is -3.86. The fourth-order valence-corrected chi connectivity index (χ4v) is 4.98. The van der Waals surface area contributed by atoms with Crippen molar-refractivity contribution in [1.29, 1.82) is 0 Å². The van der Waals surface area contributed by atoms with E-state index in [0.29, 0.717) is 0 Å². The second-order valence-electron chi connectivity index (χ2n) is 5.08. The Morgan fingerprint density at radius 2 is 2.00 bits per heavy atom. The molecule has 0 heterocycles. The molecule has 2 rings (SSSR count). The van der Waals surface area contributed by atoms with Gasteiger partial charge in [-0.25, -0.2) is 12.8 Å². The fourth-order valence-electron chi connectivity index (χ4n) is 2.68. The molecule has 0 aliphatic heterocycles. The number of halogens is 2. The highest BCUT2D eigenvalue weighted by molar-refractivity contribution is 9.10. The average Bonchev–Trinajstić information content (AvgIpc) is 2.93. The highest BCUT2D eigenvalue weighted by Gasteiger charge is 2.34. The Morgan fingerprint density at radius 1 is 1.38 bits per heavy atom. The normalized spacial score (nSPS) is 16.8. The van der Waals surface area contributed by atoms with E-state index in [1.165, 1.54) is 10.4 Å². The second-order valence-corrected chi connectivity index (χ2v) is 7.80. The van der Waals surface area contributed by atoms with Crippen molar-refractivity contribution in [2.24, 2.45) is 0 Å². The summed E-state index contributed by atoms with van der Waals surface area (Å²) < 4.78 is 40.3. The number of sulfonamides is 1. The number of aliphatic hydroxyl groups is 1. The van der Waals surface area contributed by atoms with Gasteiger partial charge in [-0.05, 0) is 40.9 Å². The molecular formula is C13H18BrFN2O3S. The Labute approximate surface area is 132 Å². The number of benzene rings is 1. The van der Waals surface area contributed by atoms with E-state index in [4.69, 9.17) is 10.8 Å². The molecular weight excluding hydrogens is 363 g/mol. The second kappa shape index (κ2) is 6.60. The van der Waals surface area contributed by atoms with E-state index in [1.54, 1.807) is 0 Å². The fraction of sp³-hybridized carbons (Fsp3) is 0.538. The highest BCUT2D eigenvalue weighted by Crippen LogP contribution is 2.32. The first-order chi connectivity index (χ1) is 9.87. The SMILES string of the molecule is Nc1cc(F)c(Br)cc1S(=O)(=O)N(CCO)C1CCCC1. The van der Waals surface area contributed by atoms with E-state index in [2.05, 4.69) is 15.9 Å². The third kappa shape index (κ3) is 3.39. The van der Waals surface area contributed by atoms with Crippen LogP contribution in [0.25, 0.3) is 0 Å². The third-order valence-corrected chi connectivity index (χ3v) is 6.31. The third-order valence-electron chi connectivity index (χ3n) is 3.69. The van der Waals surface area contributed by atoms with E-state index in [-0.39, 0.29) is 34.2 Å². The monoisotopic (exact) mass is 380 g/mol. The van der Waals surface area contributed by atoms with Crippen LogP contribution in [0.15, 0.2) is 21.5 Å². The summed E-state index contributed by atoms with van der Waals surface area (Å²) in [6, 6.07) is 2.03. The van der Waals surface area contributed by atoms with Crippen molar-refractivity contribution >= 4 is 31.6 Å². The van der Waals surface area contributed by atoms with Crippen molar-refractivity contribution in [1.82, 2.24) is 4.31 Å². The molecule has 0 amide bonds. The van der Waals surface area contributed by atoms with Gasteiger partial charge in [0.1, 0.15) is 10.7 Å². The lowest BCUT2D eigenvalue weighted by Crippen LogP contribution is -2.41. The maximum absolute atomic E-state index is 13.4. The number of hydrogen-bond donors (Lipinski definition) is 2. The molecule has 1 aromatic rings. The van der Waals surface area contributed by atoms with Gasteiger partial charge in [-0.1, -0.05) is 12.8 Å². The van der Waals surface area contributed by atoms with Gasteiger partial charge in [0.15, 0.2) is 0 Å². The van der Waals surface area contributed by atoms with Crippen LogP contribution in [-0.2, 0) is 10.0 Å². The average molecular weight is 381 g/mol. The Balaban J connectivity index is 2.45. The summed E-state index contributed by atoms with van der Waals surface area (Å²) in [6.45, 7) is -0.251. The maximum atomic E-state index is 13.4. The van der Waals surface area contributed by atoms with Crippen LogP contribution >= 0.6 is 15.9 Å². The zero-order chi connectivity index (χ0) is 15.6. The zero-order valence-electron chi connectivity index (χ0n) is 11.4. The highest BCUT2D eigenvalue weighted by atomic mass is 79.9. The van der Waals surface area contributed by atoms with E-state index in [0.717, 1.165) is 31.7 Å². The molecule has 0 radical (unpaired) electrons. The smallest absolute Gasteiger partial charge is 0.245 e.